The van der Waals surface area contributed by atoms with Gasteiger partial charge in [0.1, 0.15) is 0 Å². The lowest BCUT2D eigenvalue weighted by Crippen LogP contribution is -2.32. The van der Waals surface area contributed by atoms with Crippen LogP contribution in [0.25, 0.3) is 0 Å². The van der Waals surface area contributed by atoms with Gasteiger partial charge in [-0.25, -0.2) is 8.78 Å². The normalized spacial score (nSPS) is 26.9. The largest absolute Gasteiger partial charge is 0.373 e. The summed E-state index contributed by atoms with van der Waals surface area (Å²) in [6, 6.07) is 7.31. The molecule has 1 aromatic carbocycles. The number of alkyl halides is 2. The molecule has 2 aliphatic rings. The Morgan fingerprint density at radius 3 is 2.55 bits per heavy atom. The van der Waals surface area contributed by atoms with Crippen LogP contribution in [0.2, 0.25) is 0 Å². The molecule has 2 fully saturated rings. The summed E-state index contributed by atoms with van der Waals surface area (Å²) in [5.41, 5.74) is 1.11. The first-order chi connectivity index (χ1) is 9.74. The van der Waals surface area contributed by atoms with Gasteiger partial charge in [0.2, 0.25) is 0 Å². The molecule has 2 nitrogen and oxygen atoms in total. The van der Waals surface area contributed by atoms with E-state index in [0.717, 1.165) is 31.6 Å². The van der Waals surface area contributed by atoms with Crippen LogP contribution in [0.3, 0.4) is 0 Å². The molecule has 1 heterocycles. The number of ether oxygens (including phenoxy) is 1. The Hall–Kier alpha value is -1.00. The molecule has 0 spiro atoms. The summed E-state index contributed by atoms with van der Waals surface area (Å²) in [6.07, 6.45) is 2.43. The summed E-state index contributed by atoms with van der Waals surface area (Å²) in [6.45, 7) is 1.73. The molecule has 110 valence electrons. The molecule has 1 saturated heterocycles. The van der Waals surface area contributed by atoms with Crippen LogP contribution < -0.4 is 5.32 Å². The molecule has 1 aliphatic carbocycles. The van der Waals surface area contributed by atoms with Crippen molar-refractivity contribution in [2.45, 2.75) is 44.3 Å². The van der Waals surface area contributed by atoms with E-state index in [-0.39, 0.29) is 11.7 Å². The van der Waals surface area contributed by atoms with E-state index in [0.29, 0.717) is 12.0 Å². The van der Waals surface area contributed by atoms with E-state index in [9.17, 15) is 8.78 Å². The Bertz CT molecular complexity index is 431. The first kappa shape index (κ1) is 14.0. The van der Waals surface area contributed by atoms with Gasteiger partial charge in [0.25, 0.3) is 6.43 Å². The summed E-state index contributed by atoms with van der Waals surface area (Å²) in [5.74, 6) is 0.446. The minimum Gasteiger partial charge on any atom is -0.373 e. The Morgan fingerprint density at radius 1 is 1.15 bits per heavy atom. The molecule has 2 unspecified atom stereocenters. The lowest BCUT2D eigenvalue weighted by atomic mass is 9.89. The van der Waals surface area contributed by atoms with Crippen LogP contribution in [0.4, 0.5) is 8.78 Å². The van der Waals surface area contributed by atoms with Crippen molar-refractivity contribution in [1.82, 2.24) is 5.32 Å². The quantitative estimate of drug-likeness (QED) is 0.885. The lowest BCUT2D eigenvalue weighted by Gasteiger charge is -2.32. The maximum Gasteiger partial charge on any atom is 0.263 e. The predicted octanol–water partition coefficient (Wildman–Crippen LogP) is 3.84. The van der Waals surface area contributed by atoms with Crippen LogP contribution in [-0.4, -0.2) is 19.2 Å². The molecule has 0 radical (unpaired) electrons. The van der Waals surface area contributed by atoms with E-state index in [1.807, 2.05) is 0 Å². The summed E-state index contributed by atoms with van der Waals surface area (Å²) in [5, 5.41) is 3.56. The molecule has 0 aromatic heterocycles. The van der Waals surface area contributed by atoms with Crippen LogP contribution in [0.5, 0.6) is 0 Å². The van der Waals surface area contributed by atoms with E-state index in [4.69, 9.17) is 4.74 Å². The molecule has 1 aromatic rings. The second kappa shape index (κ2) is 6.19. The third-order valence-corrected chi connectivity index (χ3v) is 4.21. The second-order valence-corrected chi connectivity index (χ2v) is 5.84. The van der Waals surface area contributed by atoms with Crippen LogP contribution >= 0.6 is 0 Å². The van der Waals surface area contributed by atoms with Gasteiger partial charge in [0.15, 0.2) is 0 Å². The number of benzene rings is 1. The van der Waals surface area contributed by atoms with Crippen molar-refractivity contribution in [2.24, 2.45) is 5.92 Å². The van der Waals surface area contributed by atoms with Crippen molar-refractivity contribution in [3.05, 3.63) is 35.4 Å². The smallest absolute Gasteiger partial charge is 0.263 e. The van der Waals surface area contributed by atoms with Gasteiger partial charge >= 0.3 is 0 Å². The molecule has 4 heteroatoms. The van der Waals surface area contributed by atoms with Crippen LogP contribution in [0.1, 0.15) is 49.3 Å². The molecule has 3 rings (SSSR count). The summed E-state index contributed by atoms with van der Waals surface area (Å²) in [4.78, 5) is 0. The fourth-order valence-electron chi connectivity index (χ4n) is 2.86. The van der Waals surface area contributed by atoms with E-state index in [1.165, 1.54) is 25.0 Å². The van der Waals surface area contributed by atoms with Crippen molar-refractivity contribution in [1.29, 1.82) is 0 Å². The summed E-state index contributed by atoms with van der Waals surface area (Å²) < 4.78 is 31.1. The first-order valence-electron chi connectivity index (χ1n) is 7.47. The Labute approximate surface area is 118 Å². The van der Waals surface area contributed by atoms with Crippen molar-refractivity contribution >= 4 is 0 Å². The number of hydrogen-bond donors (Lipinski definition) is 1. The summed E-state index contributed by atoms with van der Waals surface area (Å²) >= 11 is 0. The standard InChI is InChI=1S/C16H21F2NO/c17-16(18)12-5-3-11(4-6-12)15-13(2-1-9-20-15)10-19-14-7-8-14/h3-6,13-16,19H,1-2,7-10H2. The van der Waals surface area contributed by atoms with Crippen molar-refractivity contribution in [3.8, 4) is 0 Å². The molecule has 0 amide bonds. The fourth-order valence-corrected chi connectivity index (χ4v) is 2.86. The van der Waals surface area contributed by atoms with Gasteiger partial charge in [0.05, 0.1) is 6.10 Å². The van der Waals surface area contributed by atoms with Crippen LogP contribution in [0.15, 0.2) is 24.3 Å². The van der Waals surface area contributed by atoms with Gasteiger partial charge in [-0.3, -0.25) is 0 Å². The van der Waals surface area contributed by atoms with Crippen molar-refractivity contribution in [2.75, 3.05) is 13.2 Å². The SMILES string of the molecule is FC(F)c1ccc(C2OCCCC2CNC2CC2)cc1. The number of nitrogens with one attached hydrogen (secondary N) is 1. The third-order valence-electron chi connectivity index (χ3n) is 4.21. The van der Waals surface area contributed by atoms with Crippen molar-refractivity contribution < 1.29 is 13.5 Å². The minimum absolute atomic E-state index is 0.0433. The fraction of sp³-hybridized carbons (Fsp3) is 0.625. The highest BCUT2D eigenvalue weighted by molar-refractivity contribution is 5.25. The van der Waals surface area contributed by atoms with E-state index in [2.05, 4.69) is 5.32 Å². The lowest BCUT2D eigenvalue weighted by molar-refractivity contribution is -0.0279. The zero-order chi connectivity index (χ0) is 13.9. The molecule has 1 aliphatic heterocycles. The van der Waals surface area contributed by atoms with E-state index < -0.39 is 6.43 Å². The molecule has 20 heavy (non-hydrogen) atoms. The average molecular weight is 281 g/mol. The molecular formula is C16H21F2NO. The molecule has 2 atom stereocenters. The van der Waals surface area contributed by atoms with Crippen LogP contribution in [0, 0.1) is 5.92 Å². The van der Waals surface area contributed by atoms with E-state index in [1.54, 1.807) is 12.1 Å². The maximum absolute atomic E-state index is 12.6. The highest BCUT2D eigenvalue weighted by Gasteiger charge is 2.29. The Kier molecular flexibility index (Phi) is 4.32. The number of hydrogen-bond acceptors (Lipinski definition) is 2. The highest BCUT2D eigenvalue weighted by atomic mass is 19.3. The van der Waals surface area contributed by atoms with Gasteiger partial charge in [0, 0.05) is 30.7 Å². The first-order valence-corrected chi connectivity index (χ1v) is 7.47. The highest BCUT2D eigenvalue weighted by Crippen LogP contribution is 2.34. The van der Waals surface area contributed by atoms with Gasteiger partial charge < -0.3 is 10.1 Å². The van der Waals surface area contributed by atoms with E-state index >= 15 is 0 Å². The molecule has 1 saturated carbocycles. The molecule has 0 bridgehead atoms. The van der Waals surface area contributed by atoms with Gasteiger partial charge in [-0.1, -0.05) is 24.3 Å². The second-order valence-electron chi connectivity index (χ2n) is 5.84. The minimum atomic E-state index is -2.40. The zero-order valence-corrected chi connectivity index (χ0v) is 11.5. The van der Waals surface area contributed by atoms with Gasteiger partial charge in [-0.05, 0) is 31.2 Å². The average Bonchev–Trinajstić information content (AvgIpc) is 3.30. The zero-order valence-electron chi connectivity index (χ0n) is 11.5. The predicted molar refractivity (Wildman–Crippen MR) is 73.8 cm³/mol. The molecule has 1 N–H and O–H groups in total. The van der Waals surface area contributed by atoms with Crippen molar-refractivity contribution in [3.63, 3.8) is 0 Å². The van der Waals surface area contributed by atoms with Gasteiger partial charge in [-0.15, -0.1) is 0 Å². The Balaban J connectivity index is 1.67. The monoisotopic (exact) mass is 281 g/mol. The molecular weight excluding hydrogens is 260 g/mol. The Morgan fingerprint density at radius 2 is 1.90 bits per heavy atom. The van der Waals surface area contributed by atoms with Crippen LogP contribution in [-0.2, 0) is 4.74 Å². The maximum atomic E-state index is 12.6. The number of halogens is 2. The number of rotatable bonds is 5. The summed E-state index contributed by atoms with van der Waals surface area (Å²) in [7, 11) is 0. The third kappa shape index (κ3) is 3.36. The topological polar surface area (TPSA) is 21.3 Å². The van der Waals surface area contributed by atoms with Gasteiger partial charge in [-0.2, -0.15) is 0 Å².